The fourth-order valence-corrected chi connectivity index (χ4v) is 3.52. The third-order valence-electron chi connectivity index (χ3n) is 4.93. The number of nitrogens with zero attached hydrogens (tertiary/aromatic N) is 4. The van der Waals surface area contributed by atoms with Crippen LogP contribution >= 0.6 is 0 Å². The Morgan fingerprint density at radius 3 is 3.00 bits per heavy atom. The van der Waals surface area contributed by atoms with Crippen molar-refractivity contribution in [2.24, 2.45) is 0 Å². The fourth-order valence-electron chi connectivity index (χ4n) is 3.52. The Kier molecular flexibility index (Phi) is 4.93. The lowest BCUT2D eigenvalue weighted by Gasteiger charge is -2.35. The minimum Gasteiger partial charge on any atom is -0.394 e. The number of hydrogen-bond acceptors (Lipinski definition) is 6. The number of piperidine rings is 1. The van der Waals surface area contributed by atoms with Gasteiger partial charge in [0.25, 0.3) is 0 Å². The quantitative estimate of drug-likeness (QED) is 0.738. The van der Waals surface area contributed by atoms with E-state index in [1.165, 1.54) is 5.56 Å². The topological polar surface area (TPSA) is 74.2 Å². The first kappa shape index (κ1) is 16.7. The minimum atomic E-state index is 0.152. The van der Waals surface area contributed by atoms with Gasteiger partial charge in [0.05, 0.1) is 18.2 Å². The van der Waals surface area contributed by atoms with Crippen LogP contribution in [-0.4, -0.2) is 39.3 Å². The molecular weight excluding hydrogens is 326 g/mol. The number of aromatic nitrogens is 3. The van der Waals surface area contributed by atoms with Crippen LogP contribution in [0.1, 0.15) is 24.8 Å². The first-order valence-corrected chi connectivity index (χ1v) is 9.10. The molecule has 1 fully saturated rings. The summed E-state index contributed by atoms with van der Waals surface area (Å²) in [7, 11) is 0. The lowest BCUT2D eigenvalue weighted by Crippen LogP contribution is -2.42. The molecule has 2 N–H and O–H groups in total. The molecule has 0 spiro atoms. The zero-order chi connectivity index (χ0) is 17.8. The van der Waals surface area contributed by atoms with E-state index in [1.54, 1.807) is 6.33 Å². The van der Waals surface area contributed by atoms with E-state index in [0.717, 1.165) is 48.3 Å². The Bertz CT molecular complexity index is 885. The third kappa shape index (κ3) is 3.60. The molecule has 0 saturated carbocycles. The average Bonchev–Trinajstić information content (AvgIpc) is 2.72. The summed E-state index contributed by atoms with van der Waals surface area (Å²) < 4.78 is 0. The maximum atomic E-state index is 9.62. The van der Waals surface area contributed by atoms with Gasteiger partial charge in [0.2, 0.25) is 0 Å². The van der Waals surface area contributed by atoms with E-state index in [1.807, 2.05) is 24.4 Å². The number of aliphatic hydroxyl groups excluding tert-OH is 1. The van der Waals surface area contributed by atoms with E-state index in [9.17, 15) is 5.11 Å². The van der Waals surface area contributed by atoms with Gasteiger partial charge < -0.3 is 15.3 Å². The molecule has 134 valence electrons. The van der Waals surface area contributed by atoms with Gasteiger partial charge in [-0.1, -0.05) is 12.1 Å². The molecular formula is C20H23N5O. The molecule has 4 rings (SSSR count). The molecule has 2 aromatic heterocycles. The second kappa shape index (κ2) is 7.66. The molecule has 1 unspecified atom stereocenters. The number of hydrogen-bond donors (Lipinski definition) is 2. The highest BCUT2D eigenvalue weighted by molar-refractivity contribution is 5.78. The van der Waals surface area contributed by atoms with E-state index >= 15 is 0 Å². The highest BCUT2D eigenvalue weighted by Crippen LogP contribution is 2.24. The van der Waals surface area contributed by atoms with Crippen molar-refractivity contribution in [3.05, 3.63) is 54.5 Å². The monoisotopic (exact) mass is 349 g/mol. The first-order valence-electron chi connectivity index (χ1n) is 9.10. The SMILES string of the molecule is OCC1CCCCN1c1cc(NCc2ccc3ncccc3c2)ncn1. The van der Waals surface area contributed by atoms with Crippen molar-refractivity contribution in [3.8, 4) is 0 Å². The molecule has 0 aliphatic carbocycles. The minimum absolute atomic E-state index is 0.152. The Balaban J connectivity index is 1.47. The summed E-state index contributed by atoms with van der Waals surface area (Å²) >= 11 is 0. The number of pyridine rings is 1. The van der Waals surface area contributed by atoms with Gasteiger partial charge in [0, 0.05) is 30.7 Å². The molecule has 1 aliphatic heterocycles. The fraction of sp³-hybridized carbons (Fsp3) is 0.350. The number of anilines is 2. The Labute approximate surface area is 152 Å². The highest BCUT2D eigenvalue weighted by Gasteiger charge is 2.23. The molecule has 6 nitrogen and oxygen atoms in total. The van der Waals surface area contributed by atoms with Crippen molar-refractivity contribution in [2.75, 3.05) is 23.4 Å². The Morgan fingerprint density at radius 1 is 1.12 bits per heavy atom. The number of rotatable bonds is 5. The molecule has 1 saturated heterocycles. The van der Waals surface area contributed by atoms with Crippen molar-refractivity contribution in [3.63, 3.8) is 0 Å². The van der Waals surface area contributed by atoms with Crippen LogP contribution < -0.4 is 10.2 Å². The van der Waals surface area contributed by atoms with E-state index < -0.39 is 0 Å². The van der Waals surface area contributed by atoms with Crippen molar-refractivity contribution in [1.29, 1.82) is 0 Å². The summed E-state index contributed by atoms with van der Waals surface area (Å²) in [5, 5.41) is 14.1. The Hall–Kier alpha value is -2.73. The Morgan fingerprint density at radius 2 is 2.08 bits per heavy atom. The average molecular weight is 349 g/mol. The van der Waals surface area contributed by atoms with E-state index in [0.29, 0.717) is 6.54 Å². The predicted octanol–water partition coefficient (Wildman–Crippen LogP) is 2.99. The van der Waals surface area contributed by atoms with E-state index in [4.69, 9.17) is 0 Å². The molecule has 1 aromatic carbocycles. The zero-order valence-electron chi connectivity index (χ0n) is 14.7. The van der Waals surface area contributed by atoms with Crippen LogP contribution in [0.3, 0.4) is 0 Å². The molecule has 3 aromatic rings. The molecule has 1 aliphatic rings. The van der Waals surface area contributed by atoms with Crippen LogP contribution in [0.5, 0.6) is 0 Å². The third-order valence-corrected chi connectivity index (χ3v) is 4.93. The highest BCUT2D eigenvalue weighted by atomic mass is 16.3. The van der Waals surface area contributed by atoms with Gasteiger partial charge in [-0.3, -0.25) is 4.98 Å². The van der Waals surface area contributed by atoms with Crippen LogP contribution in [0.4, 0.5) is 11.6 Å². The molecule has 0 radical (unpaired) electrons. The lowest BCUT2D eigenvalue weighted by molar-refractivity contribution is 0.239. The molecule has 0 bridgehead atoms. The lowest BCUT2D eigenvalue weighted by atomic mass is 10.0. The summed E-state index contributed by atoms with van der Waals surface area (Å²) in [5.41, 5.74) is 2.18. The van der Waals surface area contributed by atoms with E-state index in [2.05, 4.69) is 43.4 Å². The summed E-state index contributed by atoms with van der Waals surface area (Å²) in [6.07, 6.45) is 6.70. The zero-order valence-corrected chi connectivity index (χ0v) is 14.7. The van der Waals surface area contributed by atoms with Crippen molar-refractivity contribution < 1.29 is 5.11 Å². The van der Waals surface area contributed by atoms with Crippen LogP contribution in [0, 0.1) is 0 Å². The van der Waals surface area contributed by atoms with Gasteiger partial charge in [-0.25, -0.2) is 9.97 Å². The standard InChI is InChI=1S/C20H23N5O/c26-13-17-5-1-2-9-25(17)20-11-19(23-14-24-20)22-12-15-6-7-18-16(10-15)4-3-8-21-18/h3-4,6-8,10-11,14,17,26H,1-2,5,9,12-13H2,(H,22,23,24). The summed E-state index contributed by atoms with van der Waals surface area (Å²) in [6.45, 7) is 1.78. The molecule has 1 atom stereocenters. The van der Waals surface area contributed by atoms with Gasteiger partial charge in [0.1, 0.15) is 18.0 Å². The van der Waals surface area contributed by atoms with Crippen molar-refractivity contribution in [2.45, 2.75) is 31.8 Å². The summed E-state index contributed by atoms with van der Waals surface area (Å²) in [4.78, 5) is 15.3. The summed E-state index contributed by atoms with van der Waals surface area (Å²) in [5.74, 6) is 1.67. The van der Waals surface area contributed by atoms with Crippen LogP contribution in [-0.2, 0) is 6.54 Å². The predicted molar refractivity (Wildman–Crippen MR) is 103 cm³/mol. The van der Waals surface area contributed by atoms with Crippen LogP contribution in [0.25, 0.3) is 10.9 Å². The number of fused-ring (bicyclic) bond motifs is 1. The smallest absolute Gasteiger partial charge is 0.134 e. The molecule has 0 amide bonds. The first-order chi connectivity index (χ1) is 12.8. The summed E-state index contributed by atoms with van der Waals surface area (Å²) in [6, 6.07) is 12.4. The van der Waals surface area contributed by atoms with Gasteiger partial charge in [-0.05, 0) is 43.0 Å². The van der Waals surface area contributed by atoms with Gasteiger partial charge in [0.15, 0.2) is 0 Å². The van der Waals surface area contributed by atoms with Crippen LogP contribution in [0.15, 0.2) is 48.9 Å². The molecule has 6 heteroatoms. The maximum absolute atomic E-state index is 9.62. The van der Waals surface area contributed by atoms with Crippen molar-refractivity contribution in [1.82, 2.24) is 15.0 Å². The van der Waals surface area contributed by atoms with Gasteiger partial charge in [-0.2, -0.15) is 0 Å². The molecule has 3 heterocycles. The number of aliphatic hydroxyl groups is 1. The normalized spacial score (nSPS) is 17.4. The molecule has 26 heavy (non-hydrogen) atoms. The number of benzene rings is 1. The van der Waals surface area contributed by atoms with Gasteiger partial charge in [-0.15, -0.1) is 0 Å². The number of nitrogens with one attached hydrogen (secondary N) is 1. The second-order valence-electron chi connectivity index (χ2n) is 6.67. The second-order valence-corrected chi connectivity index (χ2v) is 6.67. The maximum Gasteiger partial charge on any atom is 0.134 e. The van der Waals surface area contributed by atoms with Crippen molar-refractivity contribution >= 4 is 22.5 Å². The van der Waals surface area contributed by atoms with Crippen LogP contribution in [0.2, 0.25) is 0 Å². The van der Waals surface area contributed by atoms with E-state index in [-0.39, 0.29) is 12.6 Å². The van der Waals surface area contributed by atoms with Gasteiger partial charge >= 0.3 is 0 Å². The largest absolute Gasteiger partial charge is 0.394 e.